The maximum Gasteiger partial charge on any atom is 0.223 e. The molecule has 0 aromatic heterocycles. The van der Waals surface area contributed by atoms with Crippen molar-refractivity contribution in [1.82, 2.24) is 4.90 Å². The van der Waals surface area contributed by atoms with E-state index in [9.17, 15) is 4.79 Å². The van der Waals surface area contributed by atoms with Crippen LogP contribution in [0.1, 0.15) is 47.0 Å². The zero-order chi connectivity index (χ0) is 11.8. The number of hydrogen-bond donors (Lipinski definition) is 1. The minimum atomic E-state index is 0.271. The van der Waals surface area contributed by atoms with Crippen LogP contribution < -0.4 is 5.73 Å². The first kappa shape index (κ1) is 14.4. The summed E-state index contributed by atoms with van der Waals surface area (Å²) in [5.41, 5.74) is 5.47. The van der Waals surface area contributed by atoms with Crippen molar-refractivity contribution < 1.29 is 4.79 Å². The van der Waals surface area contributed by atoms with Gasteiger partial charge in [-0.2, -0.15) is 0 Å². The maximum atomic E-state index is 11.9. The van der Waals surface area contributed by atoms with Crippen molar-refractivity contribution >= 4 is 5.91 Å². The quantitative estimate of drug-likeness (QED) is 0.704. The molecule has 1 atom stereocenters. The lowest BCUT2D eigenvalue weighted by atomic mass is 10.0. The Balaban J connectivity index is 4.16. The molecular formula is C12H26N2O. The average Bonchev–Trinajstić information content (AvgIpc) is 2.17. The smallest absolute Gasteiger partial charge is 0.223 e. The third-order valence-electron chi connectivity index (χ3n) is 2.77. The number of carbonyl (C=O) groups is 1. The van der Waals surface area contributed by atoms with Crippen LogP contribution in [0.15, 0.2) is 0 Å². The molecule has 3 nitrogen and oxygen atoms in total. The van der Waals surface area contributed by atoms with Gasteiger partial charge in [-0.3, -0.25) is 4.79 Å². The van der Waals surface area contributed by atoms with E-state index in [0.717, 1.165) is 19.4 Å². The first-order chi connectivity index (χ1) is 7.02. The second kappa shape index (κ2) is 7.69. The van der Waals surface area contributed by atoms with Gasteiger partial charge in [0.15, 0.2) is 0 Å². The van der Waals surface area contributed by atoms with Crippen LogP contribution in [-0.4, -0.2) is 29.9 Å². The van der Waals surface area contributed by atoms with Gasteiger partial charge in [-0.05, 0) is 32.7 Å². The van der Waals surface area contributed by atoms with Crippen LogP contribution in [0.5, 0.6) is 0 Å². The van der Waals surface area contributed by atoms with E-state index in [1.54, 1.807) is 0 Å². The highest BCUT2D eigenvalue weighted by atomic mass is 16.2. The van der Waals surface area contributed by atoms with Crippen molar-refractivity contribution in [1.29, 1.82) is 0 Å². The van der Waals surface area contributed by atoms with Gasteiger partial charge in [0, 0.05) is 19.0 Å². The maximum absolute atomic E-state index is 11.9. The summed E-state index contributed by atoms with van der Waals surface area (Å²) in [5.74, 6) is 0.754. The molecule has 0 saturated heterocycles. The third kappa shape index (κ3) is 5.78. The van der Waals surface area contributed by atoms with E-state index in [0.29, 0.717) is 18.9 Å². The van der Waals surface area contributed by atoms with Crippen LogP contribution >= 0.6 is 0 Å². The molecule has 0 aliphatic rings. The average molecular weight is 214 g/mol. The van der Waals surface area contributed by atoms with Crippen molar-refractivity contribution in [2.24, 2.45) is 11.7 Å². The predicted octanol–water partition coefficient (Wildman–Crippen LogP) is 2.01. The van der Waals surface area contributed by atoms with E-state index in [4.69, 9.17) is 5.73 Å². The van der Waals surface area contributed by atoms with Gasteiger partial charge in [-0.25, -0.2) is 0 Å². The van der Waals surface area contributed by atoms with Crippen molar-refractivity contribution in [3.8, 4) is 0 Å². The number of hydrogen-bond acceptors (Lipinski definition) is 2. The molecule has 90 valence electrons. The zero-order valence-corrected chi connectivity index (χ0v) is 10.6. The molecule has 0 bridgehead atoms. The lowest BCUT2D eigenvalue weighted by molar-refractivity contribution is -0.133. The summed E-state index contributed by atoms with van der Waals surface area (Å²) in [4.78, 5) is 13.9. The molecule has 0 aromatic rings. The van der Waals surface area contributed by atoms with E-state index in [2.05, 4.69) is 27.7 Å². The van der Waals surface area contributed by atoms with Crippen LogP contribution in [0.2, 0.25) is 0 Å². The van der Waals surface area contributed by atoms with Crippen molar-refractivity contribution in [2.75, 3.05) is 13.1 Å². The molecule has 0 aliphatic heterocycles. The second-order valence-electron chi connectivity index (χ2n) is 4.54. The predicted molar refractivity (Wildman–Crippen MR) is 64.6 cm³/mol. The Hall–Kier alpha value is -0.570. The highest BCUT2D eigenvalue weighted by molar-refractivity contribution is 5.76. The van der Waals surface area contributed by atoms with Crippen LogP contribution in [0, 0.1) is 5.92 Å². The summed E-state index contributed by atoms with van der Waals surface area (Å²) in [5, 5.41) is 0. The van der Waals surface area contributed by atoms with E-state index >= 15 is 0 Å². The number of carbonyl (C=O) groups excluding carboxylic acids is 1. The fourth-order valence-electron chi connectivity index (χ4n) is 1.49. The summed E-state index contributed by atoms with van der Waals surface area (Å²) < 4.78 is 0. The number of rotatable bonds is 7. The summed E-state index contributed by atoms with van der Waals surface area (Å²) >= 11 is 0. The van der Waals surface area contributed by atoms with E-state index in [1.165, 1.54) is 0 Å². The van der Waals surface area contributed by atoms with E-state index < -0.39 is 0 Å². The van der Waals surface area contributed by atoms with Crippen molar-refractivity contribution in [2.45, 2.75) is 53.0 Å². The first-order valence-electron chi connectivity index (χ1n) is 6.02. The van der Waals surface area contributed by atoms with E-state index in [-0.39, 0.29) is 11.9 Å². The van der Waals surface area contributed by atoms with Crippen LogP contribution in [0.4, 0.5) is 0 Å². The minimum Gasteiger partial charge on any atom is -0.340 e. The summed E-state index contributed by atoms with van der Waals surface area (Å²) in [6, 6.07) is 0.285. The Bertz CT molecular complexity index is 180. The fourth-order valence-corrected chi connectivity index (χ4v) is 1.49. The van der Waals surface area contributed by atoms with Gasteiger partial charge in [-0.15, -0.1) is 0 Å². The number of nitrogens with zero attached hydrogens (tertiary/aromatic N) is 1. The first-order valence-corrected chi connectivity index (χ1v) is 6.02. The SMILES string of the molecule is CCC(C)CC(=O)N(CCCN)C(C)C. The lowest BCUT2D eigenvalue weighted by Crippen LogP contribution is -2.39. The Morgan fingerprint density at radius 1 is 1.33 bits per heavy atom. The summed E-state index contributed by atoms with van der Waals surface area (Å²) in [6.45, 7) is 9.82. The largest absolute Gasteiger partial charge is 0.340 e. The van der Waals surface area contributed by atoms with Gasteiger partial charge in [0.25, 0.3) is 0 Å². The monoisotopic (exact) mass is 214 g/mol. The summed E-state index contributed by atoms with van der Waals surface area (Å²) in [7, 11) is 0. The Morgan fingerprint density at radius 2 is 1.93 bits per heavy atom. The third-order valence-corrected chi connectivity index (χ3v) is 2.77. The highest BCUT2D eigenvalue weighted by Crippen LogP contribution is 2.11. The molecule has 0 radical (unpaired) electrons. The molecular weight excluding hydrogens is 188 g/mol. The van der Waals surface area contributed by atoms with Crippen LogP contribution in [0.3, 0.4) is 0 Å². The molecule has 0 fully saturated rings. The molecule has 2 N–H and O–H groups in total. The topological polar surface area (TPSA) is 46.3 Å². The standard InChI is InChI=1S/C12H26N2O/c1-5-11(4)9-12(15)14(10(2)3)8-6-7-13/h10-11H,5-9,13H2,1-4H3. The second-order valence-corrected chi connectivity index (χ2v) is 4.54. The van der Waals surface area contributed by atoms with Crippen molar-refractivity contribution in [3.63, 3.8) is 0 Å². The molecule has 0 aromatic carbocycles. The Labute approximate surface area is 94.0 Å². The molecule has 0 aliphatic carbocycles. The molecule has 15 heavy (non-hydrogen) atoms. The molecule has 3 heteroatoms. The molecule has 0 heterocycles. The Kier molecular flexibility index (Phi) is 7.39. The van der Waals surface area contributed by atoms with Gasteiger partial charge in [0.1, 0.15) is 0 Å². The van der Waals surface area contributed by atoms with Gasteiger partial charge in [-0.1, -0.05) is 20.3 Å². The van der Waals surface area contributed by atoms with Gasteiger partial charge < -0.3 is 10.6 Å². The number of nitrogens with two attached hydrogens (primary N) is 1. The zero-order valence-electron chi connectivity index (χ0n) is 10.6. The van der Waals surface area contributed by atoms with Crippen LogP contribution in [0.25, 0.3) is 0 Å². The van der Waals surface area contributed by atoms with Gasteiger partial charge in [0.2, 0.25) is 5.91 Å². The van der Waals surface area contributed by atoms with E-state index in [1.807, 2.05) is 4.90 Å². The Morgan fingerprint density at radius 3 is 2.33 bits per heavy atom. The number of amides is 1. The molecule has 1 amide bonds. The van der Waals surface area contributed by atoms with Crippen LogP contribution in [-0.2, 0) is 4.79 Å². The fraction of sp³-hybridized carbons (Fsp3) is 0.917. The molecule has 0 saturated carbocycles. The lowest BCUT2D eigenvalue weighted by Gasteiger charge is -2.27. The van der Waals surface area contributed by atoms with Crippen molar-refractivity contribution in [3.05, 3.63) is 0 Å². The van der Waals surface area contributed by atoms with Gasteiger partial charge in [0.05, 0.1) is 0 Å². The molecule has 1 unspecified atom stereocenters. The molecule has 0 rings (SSSR count). The normalized spacial score (nSPS) is 12.9. The summed E-state index contributed by atoms with van der Waals surface area (Å²) in [6.07, 6.45) is 2.62. The van der Waals surface area contributed by atoms with Gasteiger partial charge >= 0.3 is 0 Å². The molecule has 0 spiro atoms. The minimum absolute atomic E-state index is 0.271. The highest BCUT2D eigenvalue weighted by Gasteiger charge is 2.17.